The fourth-order valence-electron chi connectivity index (χ4n) is 3.13. The monoisotopic (exact) mass is 415 g/mol. The maximum absolute atomic E-state index is 11.8. The third-order valence-electron chi connectivity index (χ3n) is 4.62. The van der Waals surface area contributed by atoms with Crippen molar-refractivity contribution in [3.8, 4) is 0 Å². The number of hydrogen-bond acceptors (Lipinski definition) is 6. The second-order valence-corrected chi connectivity index (χ2v) is 8.01. The van der Waals surface area contributed by atoms with Gasteiger partial charge in [0.05, 0.1) is 21.6 Å². The Morgan fingerprint density at radius 2 is 2.00 bits per heavy atom. The number of benzene rings is 1. The van der Waals surface area contributed by atoms with Crippen LogP contribution >= 0.6 is 11.3 Å². The van der Waals surface area contributed by atoms with E-state index < -0.39 is 24.5 Å². The molecule has 8 heteroatoms. The molecule has 1 aliphatic rings. The Hall–Kier alpha value is -2.74. The van der Waals surface area contributed by atoms with E-state index in [2.05, 4.69) is 21.7 Å². The highest BCUT2D eigenvalue weighted by Gasteiger charge is 2.12. The van der Waals surface area contributed by atoms with E-state index in [1.807, 2.05) is 24.3 Å². The Morgan fingerprint density at radius 3 is 2.79 bits per heavy atom. The number of fused-ring (bicyclic) bond motifs is 1. The van der Waals surface area contributed by atoms with Crippen molar-refractivity contribution >= 4 is 39.5 Å². The Bertz CT molecular complexity index is 873. The molecule has 3 amide bonds. The van der Waals surface area contributed by atoms with Crippen LogP contribution in [0.15, 0.2) is 35.9 Å². The first-order valence-electron chi connectivity index (χ1n) is 9.86. The van der Waals surface area contributed by atoms with Crippen molar-refractivity contribution in [1.29, 1.82) is 0 Å². The highest BCUT2D eigenvalue weighted by molar-refractivity contribution is 7.18. The van der Waals surface area contributed by atoms with E-state index >= 15 is 0 Å². The molecule has 0 saturated heterocycles. The topological polar surface area (TPSA) is 97.4 Å². The molecule has 3 rings (SSSR count). The maximum atomic E-state index is 11.8. The summed E-state index contributed by atoms with van der Waals surface area (Å²) < 4.78 is 6.01. The lowest BCUT2D eigenvalue weighted by molar-refractivity contribution is -0.148. The zero-order chi connectivity index (χ0) is 20.5. The first-order valence-corrected chi connectivity index (χ1v) is 10.7. The van der Waals surface area contributed by atoms with Gasteiger partial charge < -0.3 is 10.1 Å². The fraction of sp³-hybridized carbons (Fsp3) is 0.429. The lowest BCUT2D eigenvalue weighted by Gasteiger charge is -2.13. The average Bonchev–Trinajstić information content (AvgIpc) is 3.14. The molecule has 0 unspecified atom stereocenters. The summed E-state index contributed by atoms with van der Waals surface area (Å²) in [5.41, 5.74) is 2.26. The fourth-order valence-corrected chi connectivity index (χ4v) is 4.10. The molecule has 2 aromatic rings. The predicted molar refractivity (Wildman–Crippen MR) is 112 cm³/mol. The number of imide groups is 1. The SMILES string of the molecule is O=C(COC(=O)CCc1nc2ccccc2s1)NC(=O)NCCC1=CCCCC1. The molecule has 0 atom stereocenters. The smallest absolute Gasteiger partial charge is 0.321 e. The average molecular weight is 416 g/mol. The first kappa shape index (κ1) is 21.0. The van der Waals surface area contributed by atoms with Crippen molar-refractivity contribution in [3.63, 3.8) is 0 Å². The van der Waals surface area contributed by atoms with Gasteiger partial charge in [0, 0.05) is 13.0 Å². The van der Waals surface area contributed by atoms with Crippen LogP contribution in [0.25, 0.3) is 10.2 Å². The van der Waals surface area contributed by atoms with Gasteiger partial charge in [-0.3, -0.25) is 14.9 Å². The molecule has 0 radical (unpaired) electrons. The van der Waals surface area contributed by atoms with Gasteiger partial charge in [-0.2, -0.15) is 0 Å². The van der Waals surface area contributed by atoms with E-state index in [-0.39, 0.29) is 6.42 Å². The van der Waals surface area contributed by atoms with Crippen molar-refractivity contribution in [1.82, 2.24) is 15.6 Å². The molecule has 0 spiro atoms. The minimum absolute atomic E-state index is 0.133. The van der Waals surface area contributed by atoms with Crippen LogP contribution in [0, 0.1) is 0 Å². The Morgan fingerprint density at radius 1 is 1.14 bits per heavy atom. The molecule has 1 heterocycles. The van der Waals surface area contributed by atoms with Gasteiger partial charge in [0.1, 0.15) is 0 Å². The van der Waals surface area contributed by atoms with Crippen molar-refractivity contribution in [2.24, 2.45) is 0 Å². The molecule has 1 aromatic carbocycles. The lowest BCUT2D eigenvalue weighted by Crippen LogP contribution is -2.41. The van der Waals surface area contributed by atoms with Gasteiger partial charge in [0.15, 0.2) is 6.61 Å². The number of carbonyl (C=O) groups excluding carboxylic acids is 3. The van der Waals surface area contributed by atoms with Crippen LogP contribution in [0.4, 0.5) is 4.79 Å². The van der Waals surface area contributed by atoms with Crippen LogP contribution in [0.1, 0.15) is 43.5 Å². The van der Waals surface area contributed by atoms with Crippen molar-refractivity contribution in [2.45, 2.75) is 44.9 Å². The molecule has 0 aliphatic heterocycles. The van der Waals surface area contributed by atoms with Crippen molar-refractivity contribution < 1.29 is 19.1 Å². The number of rotatable bonds is 8. The van der Waals surface area contributed by atoms with Gasteiger partial charge in [-0.15, -0.1) is 11.3 Å². The Labute approximate surface area is 173 Å². The lowest BCUT2D eigenvalue weighted by atomic mass is 9.97. The molecule has 1 aromatic heterocycles. The van der Waals surface area contributed by atoms with Gasteiger partial charge in [0.25, 0.3) is 5.91 Å². The molecule has 7 nitrogen and oxygen atoms in total. The molecule has 29 heavy (non-hydrogen) atoms. The van der Waals surface area contributed by atoms with Crippen molar-refractivity contribution in [2.75, 3.05) is 13.2 Å². The van der Waals surface area contributed by atoms with Crippen LogP contribution in [0.2, 0.25) is 0 Å². The van der Waals surface area contributed by atoms with Gasteiger partial charge in [-0.05, 0) is 44.2 Å². The second kappa shape index (κ2) is 10.7. The van der Waals surface area contributed by atoms with Crippen LogP contribution in [-0.2, 0) is 20.7 Å². The van der Waals surface area contributed by atoms with E-state index in [0.717, 1.165) is 34.5 Å². The van der Waals surface area contributed by atoms with Crippen molar-refractivity contribution in [3.05, 3.63) is 40.9 Å². The number of thiazole rings is 1. The zero-order valence-corrected chi connectivity index (χ0v) is 17.1. The molecule has 154 valence electrons. The molecule has 0 saturated carbocycles. The maximum Gasteiger partial charge on any atom is 0.321 e. The molecule has 2 N–H and O–H groups in total. The number of urea groups is 1. The number of para-hydroxylation sites is 1. The summed E-state index contributed by atoms with van der Waals surface area (Å²) in [4.78, 5) is 39.8. The third-order valence-corrected chi connectivity index (χ3v) is 5.71. The number of esters is 1. The van der Waals surface area contributed by atoms with Gasteiger partial charge in [-0.1, -0.05) is 23.8 Å². The summed E-state index contributed by atoms with van der Waals surface area (Å²) in [7, 11) is 0. The largest absolute Gasteiger partial charge is 0.456 e. The summed E-state index contributed by atoms with van der Waals surface area (Å²) in [6.07, 6.45) is 8.21. The summed E-state index contributed by atoms with van der Waals surface area (Å²) in [6.45, 7) is 0.00412. The predicted octanol–water partition coefficient (Wildman–Crippen LogP) is 3.49. The molecule has 0 bridgehead atoms. The summed E-state index contributed by atoms with van der Waals surface area (Å²) >= 11 is 1.53. The van der Waals surface area contributed by atoms with Crippen LogP contribution < -0.4 is 10.6 Å². The Kier molecular flexibility index (Phi) is 7.75. The number of ether oxygens (including phenoxy) is 1. The second-order valence-electron chi connectivity index (χ2n) is 6.90. The van der Waals surface area contributed by atoms with Gasteiger partial charge in [0.2, 0.25) is 0 Å². The molecule has 1 aliphatic carbocycles. The van der Waals surface area contributed by atoms with E-state index in [0.29, 0.717) is 13.0 Å². The zero-order valence-electron chi connectivity index (χ0n) is 16.2. The molecular weight excluding hydrogens is 390 g/mol. The summed E-state index contributed by atoms with van der Waals surface area (Å²) in [5.74, 6) is -1.14. The van der Waals surface area contributed by atoms with Gasteiger partial charge in [-0.25, -0.2) is 9.78 Å². The number of aryl methyl sites for hydroxylation is 1. The van der Waals surface area contributed by atoms with Crippen LogP contribution in [0.3, 0.4) is 0 Å². The minimum atomic E-state index is -0.646. The first-order chi connectivity index (χ1) is 14.1. The number of hydrogen-bond donors (Lipinski definition) is 2. The minimum Gasteiger partial charge on any atom is -0.456 e. The number of carbonyl (C=O) groups is 3. The summed E-state index contributed by atoms with van der Waals surface area (Å²) in [6, 6.07) is 7.20. The van der Waals surface area contributed by atoms with Gasteiger partial charge >= 0.3 is 12.0 Å². The number of nitrogens with one attached hydrogen (secondary N) is 2. The summed E-state index contributed by atoms with van der Waals surface area (Å²) in [5, 5.41) is 5.66. The van der Waals surface area contributed by atoms with Crippen LogP contribution in [-0.4, -0.2) is 36.0 Å². The number of nitrogens with zero attached hydrogens (tertiary/aromatic N) is 1. The quantitative estimate of drug-likeness (QED) is 0.508. The number of amides is 3. The van der Waals surface area contributed by atoms with E-state index in [1.54, 1.807) is 0 Å². The normalized spacial score (nSPS) is 13.6. The van der Waals surface area contributed by atoms with E-state index in [9.17, 15) is 14.4 Å². The molecule has 0 fully saturated rings. The van der Waals surface area contributed by atoms with E-state index in [4.69, 9.17) is 4.74 Å². The standard InChI is InChI=1S/C21H25N3O4S/c25-18(24-21(27)22-13-12-15-6-2-1-3-7-15)14-28-20(26)11-10-19-23-16-8-4-5-9-17(16)29-19/h4-6,8-9H,1-3,7,10-14H2,(H2,22,24,25,27). The highest BCUT2D eigenvalue weighted by atomic mass is 32.1. The third kappa shape index (κ3) is 6.98. The number of aromatic nitrogens is 1. The molecular formula is C21H25N3O4S. The highest BCUT2D eigenvalue weighted by Crippen LogP contribution is 2.22. The Balaban J connectivity index is 1.29. The van der Waals surface area contributed by atoms with E-state index in [1.165, 1.54) is 29.8 Å². The number of allylic oxidation sites excluding steroid dienone is 1. The van der Waals surface area contributed by atoms with Crippen LogP contribution in [0.5, 0.6) is 0 Å².